The molecule has 1 aromatic heterocycles. The van der Waals surface area contributed by atoms with Gasteiger partial charge in [0.15, 0.2) is 12.4 Å². The Morgan fingerprint density at radius 2 is 1.72 bits per heavy atom. The Bertz CT molecular complexity index is 1190. The van der Waals surface area contributed by atoms with Crippen LogP contribution >= 0.6 is 0 Å². The average Bonchev–Trinajstić information content (AvgIpc) is 2.70. The summed E-state index contributed by atoms with van der Waals surface area (Å²) in [5, 5.41) is 0.656. The number of aryl methyl sites for hydroxylation is 1. The van der Waals surface area contributed by atoms with Crippen LogP contribution < -0.4 is 4.31 Å². The summed E-state index contributed by atoms with van der Waals surface area (Å²) in [7, 11) is -1.96. The molecule has 0 spiro atoms. The lowest BCUT2D eigenvalue weighted by Crippen LogP contribution is -2.24. The van der Waals surface area contributed by atoms with E-state index in [1.54, 1.807) is 31.2 Å². The van der Waals surface area contributed by atoms with Crippen molar-refractivity contribution >= 4 is 38.4 Å². The van der Waals surface area contributed by atoms with Crippen molar-refractivity contribution in [3.05, 3.63) is 71.4 Å². The van der Waals surface area contributed by atoms with Crippen molar-refractivity contribution in [3.63, 3.8) is 0 Å². The van der Waals surface area contributed by atoms with Crippen LogP contribution in [0.25, 0.3) is 10.9 Å². The number of Topliss-reactive ketones (excluding diaryl/α,β-unsaturated/α-hetero) is 1. The van der Waals surface area contributed by atoms with Crippen LogP contribution in [0.1, 0.15) is 26.4 Å². The van der Waals surface area contributed by atoms with E-state index in [1.165, 1.54) is 31.3 Å². The number of ketones is 1. The number of para-hydroxylation sites is 1. The van der Waals surface area contributed by atoms with Gasteiger partial charge in [-0.25, -0.2) is 13.2 Å². The molecule has 150 valence electrons. The Labute approximate surface area is 169 Å². The van der Waals surface area contributed by atoms with Crippen LogP contribution in [0.2, 0.25) is 0 Å². The Balaban J connectivity index is 1.72. The van der Waals surface area contributed by atoms with Crippen LogP contribution in [0, 0.1) is 6.92 Å². The lowest BCUT2D eigenvalue weighted by atomic mass is 10.1. The molecule has 7 nitrogen and oxygen atoms in total. The monoisotopic (exact) mass is 412 g/mol. The molecule has 3 aromatic rings. The third kappa shape index (κ3) is 4.60. The van der Waals surface area contributed by atoms with E-state index in [9.17, 15) is 18.0 Å². The normalized spacial score (nSPS) is 11.3. The summed E-state index contributed by atoms with van der Waals surface area (Å²) in [6.45, 7) is 1.36. The molecule has 0 N–H and O–H groups in total. The van der Waals surface area contributed by atoms with Gasteiger partial charge in [0, 0.05) is 23.7 Å². The van der Waals surface area contributed by atoms with Crippen LogP contribution in [-0.2, 0) is 14.8 Å². The quantitative estimate of drug-likeness (QED) is 0.456. The SMILES string of the molecule is Cc1cc(C(=O)OCC(=O)c2ccc(N(C)S(C)(=O)=O)cc2)c2ccccc2n1. The number of esters is 1. The van der Waals surface area contributed by atoms with E-state index in [0.717, 1.165) is 10.6 Å². The molecule has 8 heteroatoms. The molecule has 0 unspecified atom stereocenters. The van der Waals surface area contributed by atoms with Crippen LogP contribution in [0.5, 0.6) is 0 Å². The first-order valence-electron chi connectivity index (χ1n) is 8.77. The minimum Gasteiger partial charge on any atom is -0.454 e. The number of nitrogens with zero attached hydrogens (tertiary/aromatic N) is 2. The average molecular weight is 412 g/mol. The van der Waals surface area contributed by atoms with E-state index in [4.69, 9.17) is 4.74 Å². The fourth-order valence-electron chi connectivity index (χ4n) is 2.82. The molecule has 2 aromatic carbocycles. The molecule has 1 heterocycles. The fraction of sp³-hybridized carbons (Fsp3) is 0.190. The van der Waals surface area contributed by atoms with Crippen LogP contribution in [0.3, 0.4) is 0 Å². The van der Waals surface area contributed by atoms with Crippen molar-refractivity contribution in [1.29, 1.82) is 0 Å². The van der Waals surface area contributed by atoms with E-state index in [2.05, 4.69) is 4.98 Å². The van der Waals surface area contributed by atoms with Gasteiger partial charge in [0.2, 0.25) is 10.0 Å². The van der Waals surface area contributed by atoms with Gasteiger partial charge in [0.05, 0.1) is 23.0 Å². The summed E-state index contributed by atoms with van der Waals surface area (Å²) in [6, 6.07) is 14.9. The highest BCUT2D eigenvalue weighted by atomic mass is 32.2. The van der Waals surface area contributed by atoms with Gasteiger partial charge in [-0.3, -0.25) is 14.1 Å². The van der Waals surface area contributed by atoms with Gasteiger partial charge in [-0.2, -0.15) is 0 Å². The predicted molar refractivity (Wildman–Crippen MR) is 111 cm³/mol. The lowest BCUT2D eigenvalue weighted by Gasteiger charge is -2.16. The molecular weight excluding hydrogens is 392 g/mol. The van der Waals surface area contributed by atoms with Crippen molar-refractivity contribution < 1.29 is 22.7 Å². The second kappa shape index (κ2) is 8.00. The number of carbonyl (C=O) groups is 2. The number of ether oxygens (including phenoxy) is 1. The number of sulfonamides is 1. The molecule has 0 saturated heterocycles. The number of hydrogen-bond donors (Lipinski definition) is 0. The maximum absolute atomic E-state index is 12.5. The fourth-order valence-corrected chi connectivity index (χ4v) is 3.32. The van der Waals surface area contributed by atoms with Gasteiger partial charge in [0.25, 0.3) is 0 Å². The zero-order valence-corrected chi connectivity index (χ0v) is 17.1. The third-order valence-corrected chi connectivity index (χ3v) is 5.65. The van der Waals surface area contributed by atoms with Crippen molar-refractivity contribution in [2.24, 2.45) is 0 Å². The third-order valence-electron chi connectivity index (χ3n) is 4.45. The van der Waals surface area contributed by atoms with Crippen LogP contribution in [0.15, 0.2) is 54.6 Å². The van der Waals surface area contributed by atoms with Gasteiger partial charge in [-0.1, -0.05) is 18.2 Å². The molecule has 0 fully saturated rings. The molecule has 0 bridgehead atoms. The first-order chi connectivity index (χ1) is 13.7. The zero-order chi connectivity index (χ0) is 21.2. The van der Waals surface area contributed by atoms with E-state index in [0.29, 0.717) is 33.4 Å². The Morgan fingerprint density at radius 1 is 1.07 bits per heavy atom. The highest BCUT2D eigenvalue weighted by Crippen LogP contribution is 2.20. The standard InChI is InChI=1S/C21H20N2O5S/c1-14-12-18(17-6-4-5-7-19(17)22-14)21(25)28-13-20(24)15-8-10-16(11-9-15)23(2)29(3,26)27/h4-12H,13H2,1-3H3. The maximum Gasteiger partial charge on any atom is 0.339 e. The number of fused-ring (bicyclic) bond motifs is 1. The van der Waals surface area contributed by atoms with E-state index >= 15 is 0 Å². The number of benzene rings is 2. The number of pyridine rings is 1. The van der Waals surface area contributed by atoms with Gasteiger partial charge in [-0.15, -0.1) is 0 Å². The maximum atomic E-state index is 12.5. The van der Waals surface area contributed by atoms with Crippen LogP contribution in [-0.4, -0.2) is 45.1 Å². The Kier molecular flexibility index (Phi) is 5.65. The summed E-state index contributed by atoms with van der Waals surface area (Å²) >= 11 is 0. The van der Waals surface area contributed by atoms with Crippen molar-refractivity contribution in [2.75, 3.05) is 24.2 Å². The first-order valence-corrected chi connectivity index (χ1v) is 10.6. The summed E-state index contributed by atoms with van der Waals surface area (Å²) in [6.07, 6.45) is 1.09. The van der Waals surface area contributed by atoms with Crippen molar-refractivity contribution in [1.82, 2.24) is 4.98 Å². The second-order valence-electron chi connectivity index (χ2n) is 6.61. The van der Waals surface area contributed by atoms with E-state index in [1.807, 2.05) is 6.07 Å². The molecule has 29 heavy (non-hydrogen) atoms. The van der Waals surface area contributed by atoms with Gasteiger partial charge < -0.3 is 4.74 Å². The topological polar surface area (TPSA) is 93.6 Å². The zero-order valence-electron chi connectivity index (χ0n) is 16.2. The first kappa shape index (κ1) is 20.5. The summed E-state index contributed by atoms with van der Waals surface area (Å²) in [5.74, 6) is -0.990. The molecule has 0 aliphatic rings. The molecule has 0 saturated carbocycles. The Morgan fingerprint density at radius 3 is 2.38 bits per heavy atom. The molecular formula is C21H20N2O5S. The molecule has 0 aliphatic carbocycles. The number of rotatable bonds is 6. The smallest absolute Gasteiger partial charge is 0.339 e. The highest BCUT2D eigenvalue weighted by Gasteiger charge is 2.17. The Hall–Kier alpha value is -3.26. The van der Waals surface area contributed by atoms with E-state index < -0.39 is 22.6 Å². The van der Waals surface area contributed by atoms with Gasteiger partial charge >= 0.3 is 5.97 Å². The number of hydrogen-bond acceptors (Lipinski definition) is 6. The summed E-state index contributed by atoms with van der Waals surface area (Å²) < 4.78 is 29.5. The molecule has 0 atom stereocenters. The summed E-state index contributed by atoms with van der Waals surface area (Å²) in [4.78, 5) is 29.3. The minimum atomic E-state index is -3.39. The highest BCUT2D eigenvalue weighted by molar-refractivity contribution is 7.92. The van der Waals surface area contributed by atoms with Crippen LogP contribution in [0.4, 0.5) is 5.69 Å². The number of carbonyl (C=O) groups excluding carboxylic acids is 2. The van der Waals surface area contributed by atoms with E-state index in [-0.39, 0.29) is 5.78 Å². The lowest BCUT2D eigenvalue weighted by molar-refractivity contribution is 0.0476. The minimum absolute atomic E-state index is 0.319. The molecule has 0 radical (unpaired) electrons. The number of aromatic nitrogens is 1. The largest absolute Gasteiger partial charge is 0.454 e. The number of anilines is 1. The van der Waals surface area contributed by atoms with Gasteiger partial charge in [0.1, 0.15) is 0 Å². The second-order valence-corrected chi connectivity index (χ2v) is 8.62. The molecule has 3 rings (SSSR count). The molecule has 0 amide bonds. The van der Waals surface area contributed by atoms with Crippen molar-refractivity contribution in [3.8, 4) is 0 Å². The summed E-state index contributed by atoms with van der Waals surface area (Å²) in [5.41, 5.74) is 2.45. The molecule has 0 aliphatic heterocycles. The van der Waals surface area contributed by atoms with Crippen molar-refractivity contribution in [2.45, 2.75) is 6.92 Å². The predicted octanol–water partition coefficient (Wildman–Crippen LogP) is 2.98. The van der Waals surface area contributed by atoms with Gasteiger partial charge in [-0.05, 0) is 43.3 Å².